The summed E-state index contributed by atoms with van der Waals surface area (Å²) in [6.45, 7) is 0.159. The number of hydrogen-bond acceptors (Lipinski definition) is 2. The number of amides is 1. The molecule has 0 aromatic heterocycles. The number of halogens is 1. The molecule has 1 aliphatic rings. The first-order valence-electron chi connectivity index (χ1n) is 6.66. The third-order valence-electron chi connectivity index (χ3n) is 3.61. The van der Waals surface area contributed by atoms with Crippen LogP contribution in [0, 0.1) is 11.3 Å². The van der Waals surface area contributed by atoms with E-state index < -0.39 is 0 Å². The maximum atomic E-state index is 12.5. The van der Waals surface area contributed by atoms with Gasteiger partial charge in [-0.05, 0) is 37.1 Å². The first-order valence-corrected chi connectivity index (χ1v) is 7.03. The number of nitriles is 1. The summed E-state index contributed by atoms with van der Waals surface area (Å²) in [5.41, 5.74) is 0.602. The van der Waals surface area contributed by atoms with Crippen molar-refractivity contribution < 1.29 is 4.79 Å². The predicted molar refractivity (Wildman–Crippen MR) is 75.0 cm³/mol. The molecule has 3 nitrogen and oxygen atoms in total. The summed E-state index contributed by atoms with van der Waals surface area (Å²) < 4.78 is 0. The van der Waals surface area contributed by atoms with E-state index in [0.29, 0.717) is 10.6 Å². The Morgan fingerprint density at radius 3 is 2.47 bits per heavy atom. The molecule has 0 N–H and O–H groups in total. The fourth-order valence-electron chi connectivity index (χ4n) is 2.59. The monoisotopic (exact) mass is 276 g/mol. The number of carbonyl (C=O) groups excluding carboxylic acids is 1. The molecular weight excluding hydrogens is 260 g/mol. The number of carbonyl (C=O) groups is 1. The van der Waals surface area contributed by atoms with Crippen molar-refractivity contribution >= 4 is 17.5 Å². The van der Waals surface area contributed by atoms with Crippen LogP contribution >= 0.6 is 11.6 Å². The van der Waals surface area contributed by atoms with Crippen molar-refractivity contribution in [3.63, 3.8) is 0 Å². The van der Waals surface area contributed by atoms with E-state index in [9.17, 15) is 4.79 Å². The topological polar surface area (TPSA) is 44.1 Å². The Labute approximate surface area is 118 Å². The van der Waals surface area contributed by atoms with Gasteiger partial charge in [0.05, 0.1) is 6.07 Å². The lowest BCUT2D eigenvalue weighted by Gasteiger charge is -2.32. The third kappa shape index (κ3) is 3.48. The van der Waals surface area contributed by atoms with Crippen LogP contribution in [0.25, 0.3) is 0 Å². The van der Waals surface area contributed by atoms with Crippen LogP contribution in [-0.2, 0) is 0 Å². The fourth-order valence-corrected chi connectivity index (χ4v) is 2.72. The van der Waals surface area contributed by atoms with Gasteiger partial charge in [-0.15, -0.1) is 0 Å². The van der Waals surface area contributed by atoms with Gasteiger partial charge in [-0.25, -0.2) is 0 Å². The Morgan fingerprint density at radius 1 is 1.26 bits per heavy atom. The van der Waals surface area contributed by atoms with Crippen molar-refractivity contribution in [1.82, 2.24) is 4.90 Å². The van der Waals surface area contributed by atoms with E-state index in [-0.39, 0.29) is 18.5 Å². The first kappa shape index (κ1) is 13.9. The van der Waals surface area contributed by atoms with E-state index in [4.69, 9.17) is 16.9 Å². The zero-order chi connectivity index (χ0) is 13.7. The van der Waals surface area contributed by atoms with Crippen molar-refractivity contribution in [1.29, 1.82) is 5.26 Å². The molecule has 0 bridgehead atoms. The first-order chi connectivity index (χ1) is 9.22. The summed E-state index contributed by atoms with van der Waals surface area (Å²) in [5, 5.41) is 9.55. The third-order valence-corrected chi connectivity index (χ3v) is 3.86. The quantitative estimate of drug-likeness (QED) is 0.791. The summed E-state index contributed by atoms with van der Waals surface area (Å²) in [6.07, 6.45) is 5.51. The molecule has 1 fully saturated rings. The lowest BCUT2D eigenvalue weighted by Crippen LogP contribution is -2.41. The summed E-state index contributed by atoms with van der Waals surface area (Å²) in [6, 6.07) is 9.17. The summed E-state index contributed by atoms with van der Waals surface area (Å²) >= 11 is 5.83. The molecule has 0 heterocycles. The van der Waals surface area contributed by atoms with Crippen LogP contribution in [0.2, 0.25) is 5.02 Å². The minimum atomic E-state index is -0.0647. The molecule has 1 amide bonds. The lowest BCUT2D eigenvalue weighted by molar-refractivity contribution is 0.0666. The molecule has 2 rings (SSSR count). The van der Waals surface area contributed by atoms with Crippen molar-refractivity contribution in [2.45, 2.75) is 38.1 Å². The average molecular weight is 277 g/mol. The molecule has 1 aromatic carbocycles. The van der Waals surface area contributed by atoms with E-state index in [2.05, 4.69) is 6.07 Å². The van der Waals surface area contributed by atoms with Gasteiger partial charge in [0.15, 0.2) is 0 Å². The maximum Gasteiger partial charge on any atom is 0.254 e. The largest absolute Gasteiger partial charge is 0.322 e. The van der Waals surface area contributed by atoms with Crippen LogP contribution in [0.1, 0.15) is 42.5 Å². The Morgan fingerprint density at radius 2 is 1.89 bits per heavy atom. The van der Waals surface area contributed by atoms with Gasteiger partial charge >= 0.3 is 0 Å². The fraction of sp³-hybridized carbons (Fsp3) is 0.467. The number of nitrogens with zero attached hydrogens (tertiary/aromatic N) is 2. The highest BCUT2D eigenvalue weighted by Crippen LogP contribution is 2.24. The summed E-state index contributed by atoms with van der Waals surface area (Å²) in [7, 11) is 0. The van der Waals surface area contributed by atoms with E-state index in [0.717, 1.165) is 25.7 Å². The van der Waals surface area contributed by atoms with Gasteiger partial charge in [-0.2, -0.15) is 5.26 Å². The molecule has 0 spiro atoms. The van der Waals surface area contributed by atoms with Gasteiger partial charge < -0.3 is 4.90 Å². The van der Waals surface area contributed by atoms with E-state index in [1.54, 1.807) is 29.2 Å². The zero-order valence-corrected chi connectivity index (χ0v) is 11.6. The van der Waals surface area contributed by atoms with Crippen molar-refractivity contribution in [3.05, 3.63) is 34.9 Å². The molecule has 0 atom stereocenters. The van der Waals surface area contributed by atoms with Crippen LogP contribution in [0.4, 0.5) is 0 Å². The van der Waals surface area contributed by atoms with Crippen LogP contribution in [0.5, 0.6) is 0 Å². The average Bonchev–Trinajstić information content (AvgIpc) is 2.46. The highest BCUT2D eigenvalue weighted by Gasteiger charge is 2.25. The van der Waals surface area contributed by atoms with Crippen molar-refractivity contribution in [3.8, 4) is 6.07 Å². The number of rotatable bonds is 3. The van der Waals surface area contributed by atoms with E-state index in [1.165, 1.54) is 6.42 Å². The molecule has 0 radical (unpaired) electrons. The molecule has 1 aliphatic carbocycles. The summed E-state index contributed by atoms with van der Waals surface area (Å²) in [5.74, 6) is -0.0647. The molecule has 4 heteroatoms. The normalized spacial score (nSPS) is 15.8. The Bertz CT molecular complexity index is 472. The van der Waals surface area contributed by atoms with Gasteiger partial charge in [0.2, 0.25) is 0 Å². The Hall–Kier alpha value is -1.53. The molecule has 19 heavy (non-hydrogen) atoms. The van der Waals surface area contributed by atoms with Gasteiger partial charge in [0, 0.05) is 16.6 Å². The van der Waals surface area contributed by atoms with Crippen LogP contribution in [0.15, 0.2) is 24.3 Å². The smallest absolute Gasteiger partial charge is 0.254 e. The van der Waals surface area contributed by atoms with E-state index in [1.807, 2.05) is 0 Å². The van der Waals surface area contributed by atoms with Gasteiger partial charge in [0.25, 0.3) is 5.91 Å². The minimum absolute atomic E-state index is 0.0647. The lowest BCUT2D eigenvalue weighted by atomic mass is 9.93. The Balaban J connectivity index is 2.16. The second-order valence-corrected chi connectivity index (χ2v) is 5.33. The molecule has 1 saturated carbocycles. The molecule has 0 saturated heterocycles. The van der Waals surface area contributed by atoms with Gasteiger partial charge in [0.1, 0.15) is 6.54 Å². The molecule has 0 unspecified atom stereocenters. The molecular formula is C15H17ClN2O. The Kier molecular flexibility index (Phi) is 4.81. The number of hydrogen-bond donors (Lipinski definition) is 0. The highest BCUT2D eigenvalue weighted by atomic mass is 35.5. The van der Waals surface area contributed by atoms with Crippen LogP contribution in [0.3, 0.4) is 0 Å². The highest BCUT2D eigenvalue weighted by molar-refractivity contribution is 6.30. The molecule has 1 aromatic rings. The minimum Gasteiger partial charge on any atom is -0.322 e. The van der Waals surface area contributed by atoms with Gasteiger partial charge in [-0.3, -0.25) is 4.79 Å². The predicted octanol–water partition coefficient (Wildman–Crippen LogP) is 3.64. The molecule has 0 aliphatic heterocycles. The van der Waals surface area contributed by atoms with E-state index >= 15 is 0 Å². The van der Waals surface area contributed by atoms with Crippen molar-refractivity contribution in [2.75, 3.05) is 6.54 Å². The molecule has 100 valence electrons. The SMILES string of the molecule is N#CCN(C(=O)c1ccc(Cl)cc1)C1CCCCC1. The van der Waals surface area contributed by atoms with Crippen LogP contribution in [-0.4, -0.2) is 23.4 Å². The zero-order valence-electron chi connectivity index (χ0n) is 10.8. The second-order valence-electron chi connectivity index (χ2n) is 4.89. The van der Waals surface area contributed by atoms with Crippen molar-refractivity contribution in [2.24, 2.45) is 0 Å². The maximum absolute atomic E-state index is 12.5. The summed E-state index contributed by atoms with van der Waals surface area (Å²) in [4.78, 5) is 14.2. The van der Waals surface area contributed by atoms with Crippen LogP contribution < -0.4 is 0 Å². The number of benzene rings is 1. The second kappa shape index (κ2) is 6.58. The standard InChI is InChI=1S/C15H17ClN2O/c16-13-8-6-12(7-9-13)15(19)18(11-10-17)14-4-2-1-3-5-14/h6-9,14H,1-5,11H2. The van der Waals surface area contributed by atoms with Gasteiger partial charge in [-0.1, -0.05) is 30.9 Å².